The lowest BCUT2D eigenvalue weighted by atomic mass is 10.2. The normalized spacial score (nSPS) is 11.6. The third kappa shape index (κ3) is 3.13. The highest BCUT2D eigenvalue weighted by atomic mass is 19.1. The molecule has 0 aromatic carbocycles. The fourth-order valence-electron chi connectivity index (χ4n) is 1.13. The van der Waals surface area contributed by atoms with E-state index in [1.807, 2.05) is 5.32 Å². The van der Waals surface area contributed by atoms with Crippen molar-refractivity contribution in [1.29, 1.82) is 0 Å². The van der Waals surface area contributed by atoms with Crippen LogP contribution in [0.3, 0.4) is 0 Å². The van der Waals surface area contributed by atoms with E-state index in [4.69, 9.17) is 9.84 Å². The van der Waals surface area contributed by atoms with Gasteiger partial charge < -0.3 is 15.2 Å². The van der Waals surface area contributed by atoms with Crippen LogP contribution in [0.15, 0.2) is 18.3 Å². The number of carboxylic acids is 1. The van der Waals surface area contributed by atoms with Gasteiger partial charge in [-0.15, -0.1) is 0 Å². The second kappa shape index (κ2) is 5.78. The molecule has 1 atom stereocenters. The Balaban J connectivity index is 2.86. The number of pyridine rings is 1. The van der Waals surface area contributed by atoms with Gasteiger partial charge >= 0.3 is 5.97 Å². The van der Waals surface area contributed by atoms with Gasteiger partial charge in [-0.1, -0.05) is 0 Å². The Morgan fingerprint density at radius 2 is 2.35 bits per heavy atom. The minimum Gasteiger partial charge on any atom is -0.480 e. The monoisotopic (exact) mass is 242 g/mol. The molecule has 0 bridgehead atoms. The maximum atomic E-state index is 12.3. The molecule has 1 heterocycles. The Labute approximate surface area is 96.4 Å². The van der Waals surface area contributed by atoms with Crippen molar-refractivity contribution in [2.75, 3.05) is 13.8 Å². The first-order valence-electron chi connectivity index (χ1n) is 4.68. The number of ether oxygens (including phenoxy) is 1. The van der Waals surface area contributed by atoms with Crippen molar-refractivity contribution in [3.63, 3.8) is 0 Å². The van der Waals surface area contributed by atoms with Gasteiger partial charge in [-0.25, -0.2) is 14.2 Å². The average molecular weight is 242 g/mol. The van der Waals surface area contributed by atoms with Crippen LogP contribution in [-0.4, -0.2) is 41.8 Å². The molecule has 0 aliphatic carbocycles. The highest BCUT2D eigenvalue weighted by molar-refractivity contribution is 5.98. The fourth-order valence-corrected chi connectivity index (χ4v) is 1.13. The third-order valence-corrected chi connectivity index (χ3v) is 1.97. The highest BCUT2D eigenvalue weighted by Crippen LogP contribution is 2.13. The van der Waals surface area contributed by atoms with Crippen molar-refractivity contribution >= 4 is 11.9 Å². The van der Waals surface area contributed by atoms with E-state index in [-0.39, 0.29) is 11.4 Å². The van der Waals surface area contributed by atoms with E-state index in [1.165, 1.54) is 25.4 Å². The number of rotatable bonds is 5. The van der Waals surface area contributed by atoms with Crippen LogP contribution in [0.4, 0.5) is 4.39 Å². The van der Waals surface area contributed by atoms with Gasteiger partial charge in [-0.2, -0.15) is 0 Å². The molecule has 0 saturated carbocycles. The first-order valence-corrected chi connectivity index (χ1v) is 4.68. The number of aliphatic carboxylic acids is 1. The number of halogens is 1. The van der Waals surface area contributed by atoms with E-state index in [0.29, 0.717) is 0 Å². The molecule has 1 rings (SSSR count). The van der Waals surface area contributed by atoms with Crippen LogP contribution in [0.5, 0.6) is 5.88 Å². The minimum absolute atomic E-state index is 0.0491. The zero-order valence-corrected chi connectivity index (χ0v) is 9.01. The fraction of sp³-hybridized carbons (Fsp3) is 0.300. The molecule has 6 nitrogen and oxygen atoms in total. The highest BCUT2D eigenvalue weighted by Gasteiger charge is 2.22. The molecule has 17 heavy (non-hydrogen) atoms. The number of carbonyl (C=O) groups is 2. The summed E-state index contributed by atoms with van der Waals surface area (Å²) in [5.41, 5.74) is 0.0506. The molecule has 0 radical (unpaired) electrons. The van der Waals surface area contributed by atoms with E-state index in [2.05, 4.69) is 4.98 Å². The Kier molecular flexibility index (Phi) is 4.38. The van der Waals surface area contributed by atoms with Crippen molar-refractivity contribution in [1.82, 2.24) is 10.3 Å². The summed E-state index contributed by atoms with van der Waals surface area (Å²) in [5.74, 6) is -2.14. The molecular formula is C10H11FN2O4. The van der Waals surface area contributed by atoms with E-state index in [0.717, 1.165) is 0 Å². The topological polar surface area (TPSA) is 88.5 Å². The number of alkyl halides is 1. The van der Waals surface area contributed by atoms with E-state index in [9.17, 15) is 14.0 Å². The van der Waals surface area contributed by atoms with E-state index >= 15 is 0 Å². The Morgan fingerprint density at radius 1 is 1.65 bits per heavy atom. The summed E-state index contributed by atoms with van der Waals surface area (Å²) in [5, 5.41) is 10.6. The van der Waals surface area contributed by atoms with Crippen molar-refractivity contribution in [3.8, 4) is 5.88 Å². The van der Waals surface area contributed by atoms with Gasteiger partial charge in [-0.05, 0) is 12.1 Å². The lowest BCUT2D eigenvalue weighted by Gasteiger charge is -2.11. The molecule has 0 aliphatic heterocycles. The maximum Gasteiger partial charge on any atom is 0.328 e. The van der Waals surface area contributed by atoms with Crippen LogP contribution < -0.4 is 10.1 Å². The van der Waals surface area contributed by atoms with Crippen LogP contribution >= 0.6 is 0 Å². The molecule has 1 aromatic heterocycles. The van der Waals surface area contributed by atoms with Crippen molar-refractivity contribution in [2.45, 2.75) is 6.04 Å². The van der Waals surface area contributed by atoms with Gasteiger partial charge in [0.05, 0.1) is 7.11 Å². The molecule has 92 valence electrons. The molecule has 1 amide bonds. The van der Waals surface area contributed by atoms with Gasteiger partial charge in [0.25, 0.3) is 5.91 Å². The minimum atomic E-state index is -1.58. The summed E-state index contributed by atoms with van der Waals surface area (Å²) in [7, 11) is 1.32. The average Bonchev–Trinajstić information content (AvgIpc) is 2.35. The van der Waals surface area contributed by atoms with Gasteiger partial charge in [0.1, 0.15) is 12.2 Å². The number of hydrogen-bond acceptors (Lipinski definition) is 4. The number of carbonyl (C=O) groups excluding carboxylic acids is 1. The summed E-state index contributed by atoms with van der Waals surface area (Å²) in [4.78, 5) is 26.0. The molecular weight excluding hydrogens is 231 g/mol. The first-order chi connectivity index (χ1) is 8.10. The number of amides is 1. The van der Waals surface area contributed by atoms with Crippen LogP contribution in [0.2, 0.25) is 0 Å². The number of aromatic nitrogens is 1. The predicted octanol–water partition coefficient (Wildman–Crippen LogP) is 0.243. The number of nitrogens with one attached hydrogen (secondary N) is 1. The summed E-state index contributed by atoms with van der Waals surface area (Å²) < 4.78 is 17.2. The molecule has 1 unspecified atom stereocenters. The van der Waals surface area contributed by atoms with E-state index < -0.39 is 24.6 Å². The van der Waals surface area contributed by atoms with Crippen molar-refractivity contribution < 1.29 is 23.8 Å². The molecule has 0 spiro atoms. The molecule has 0 fully saturated rings. The SMILES string of the molecule is COc1ncccc1C(=O)NC(CF)C(=O)O. The van der Waals surface area contributed by atoms with Gasteiger partial charge in [0.2, 0.25) is 5.88 Å². The first kappa shape index (κ1) is 12.9. The second-order valence-corrected chi connectivity index (χ2v) is 3.08. The lowest BCUT2D eigenvalue weighted by Crippen LogP contribution is -2.42. The van der Waals surface area contributed by atoms with Crippen LogP contribution in [0.25, 0.3) is 0 Å². The smallest absolute Gasteiger partial charge is 0.328 e. The quantitative estimate of drug-likeness (QED) is 0.772. The van der Waals surface area contributed by atoms with Crippen LogP contribution in [0.1, 0.15) is 10.4 Å². The standard InChI is InChI=1S/C10H11FN2O4/c1-17-9-6(3-2-4-12-9)8(14)13-7(5-11)10(15)16/h2-4,7H,5H2,1H3,(H,13,14)(H,15,16). The van der Waals surface area contributed by atoms with Crippen molar-refractivity contribution in [3.05, 3.63) is 23.9 Å². The zero-order chi connectivity index (χ0) is 12.8. The molecule has 0 saturated heterocycles. The van der Waals surface area contributed by atoms with Gasteiger partial charge in [0.15, 0.2) is 6.04 Å². The number of nitrogens with zero attached hydrogens (tertiary/aromatic N) is 1. The molecule has 7 heteroatoms. The summed E-state index contributed by atoms with van der Waals surface area (Å²) in [6.45, 7) is -1.19. The summed E-state index contributed by atoms with van der Waals surface area (Å²) in [6, 6.07) is 1.31. The number of hydrogen-bond donors (Lipinski definition) is 2. The number of methoxy groups -OCH3 is 1. The number of carboxylic acid groups (broad SMARTS) is 1. The molecule has 1 aromatic rings. The largest absolute Gasteiger partial charge is 0.480 e. The van der Waals surface area contributed by atoms with Crippen LogP contribution in [-0.2, 0) is 4.79 Å². The summed E-state index contributed by atoms with van der Waals surface area (Å²) in [6.07, 6.45) is 1.42. The van der Waals surface area contributed by atoms with Crippen LogP contribution in [0, 0.1) is 0 Å². The Hall–Kier alpha value is -2.18. The Bertz CT molecular complexity index is 425. The zero-order valence-electron chi connectivity index (χ0n) is 9.01. The molecule has 2 N–H and O–H groups in total. The van der Waals surface area contributed by atoms with Crippen molar-refractivity contribution in [2.24, 2.45) is 0 Å². The van der Waals surface area contributed by atoms with Gasteiger partial charge in [-0.3, -0.25) is 4.79 Å². The Morgan fingerprint density at radius 3 is 2.88 bits per heavy atom. The maximum absolute atomic E-state index is 12.3. The predicted molar refractivity (Wildman–Crippen MR) is 55.7 cm³/mol. The molecule has 0 aliphatic rings. The lowest BCUT2D eigenvalue weighted by molar-refractivity contribution is -0.139. The van der Waals surface area contributed by atoms with Gasteiger partial charge in [0, 0.05) is 6.20 Å². The third-order valence-electron chi connectivity index (χ3n) is 1.97. The second-order valence-electron chi connectivity index (χ2n) is 3.08. The van der Waals surface area contributed by atoms with E-state index in [1.54, 1.807) is 0 Å². The summed E-state index contributed by atoms with van der Waals surface area (Å²) >= 11 is 0.